The summed E-state index contributed by atoms with van der Waals surface area (Å²) in [7, 11) is -1.04. The van der Waals surface area contributed by atoms with Crippen molar-refractivity contribution in [1.29, 1.82) is 0 Å². The van der Waals surface area contributed by atoms with Gasteiger partial charge < -0.3 is 9.26 Å². The molecule has 3 aromatic rings. The number of rotatable bonds is 7. The molecule has 0 N–H and O–H groups in total. The third-order valence-corrected chi connectivity index (χ3v) is 10.1. The number of benzene rings is 3. The Morgan fingerprint density at radius 3 is 1.62 bits per heavy atom. The number of nitrogens with zero attached hydrogens (tertiary/aromatic N) is 1. The Morgan fingerprint density at radius 1 is 0.759 bits per heavy atom. The van der Waals surface area contributed by atoms with Crippen molar-refractivity contribution >= 4 is 24.4 Å². The Balaban J connectivity index is 2.09. The second-order valence-electron chi connectivity index (χ2n) is 8.04. The van der Waals surface area contributed by atoms with E-state index >= 15 is 0 Å². The summed E-state index contributed by atoms with van der Waals surface area (Å²) >= 11 is 0. The fraction of sp³-hybridized carbons (Fsp3) is 0.240. The van der Waals surface area contributed by atoms with Gasteiger partial charge in [-0.1, -0.05) is 117 Å². The number of oxime groups is 1. The Bertz CT molecular complexity index is 880. The highest BCUT2D eigenvalue weighted by atomic mass is 28.4. The molecule has 0 saturated heterocycles. The van der Waals surface area contributed by atoms with Gasteiger partial charge in [0.05, 0.1) is 6.61 Å². The number of hydrogen-bond donors (Lipinski definition) is 0. The van der Waals surface area contributed by atoms with Gasteiger partial charge in [0, 0.05) is 5.56 Å². The zero-order chi connectivity index (χ0) is 20.7. The van der Waals surface area contributed by atoms with Crippen molar-refractivity contribution in [2.75, 3.05) is 13.7 Å². The van der Waals surface area contributed by atoms with Gasteiger partial charge in [-0.15, -0.1) is 0 Å². The molecular formula is C25H29NO2Si. The summed E-state index contributed by atoms with van der Waals surface area (Å²) < 4.78 is 6.96. The first-order valence-corrected chi connectivity index (χ1v) is 11.8. The molecule has 4 heteroatoms. The molecule has 0 heterocycles. The van der Waals surface area contributed by atoms with E-state index in [0.717, 1.165) is 11.3 Å². The molecule has 0 aliphatic carbocycles. The lowest BCUT2D eigenvalue weighted by atomic mass is 10.1. The molecule has 0 fully saturated rings. The zero-order valence-electron chi connectivity index (χ0n) is 17.6. The first-order chi connectivity index (χ1) is 14.0. The molecule has 3 aromatic carbocycles. The Labute approximate surface area is 175 Å². The third kappa shape index (κ3) is 4.49. The van der Waals surface area contributed by atoms with Crippen LogP contribution in [0.15, 0.2) is 96.2 Å². The largest absolute Gasteiger partial charge is 0.401 e. The third-order valence-electron chi connectivity index (χ3n) is 5.15. The van der Waals surface area contributed by atoms with E-state index in [2.05, 4.69) is 86.6 Å². The van der Waals surface area contributed by atoms with Crippen molar-refractivity contribution in [3.8, 4) is 0 Å². The summed E-state index contributed by atoms with van der Waals surface area (Å²) in [5, 5.41) is 6.71. The predicted octanol–water partition coefficient (Wildman–Crippen LogP) is 4.61. The van der Waals surface area contributed by atoms with Gasteiger partial charge in [-0.05, 0) is 15.4 Å². The van der Waals surface area contributed by atoms with E-state index < -0.39 is 8.32 Å². The topological polar surface area (TPSA) is 30.8 Å². The van der Waals surface area contributed by atoms with E-state index in [4.69, 9.17) is 9.26 Å². The molecule has 150 valence electrons. The van der Waals surface area contributed by atoms with Gasteiger partial charge in [0.1, 0.15) is 12.8 Å². The van der Waals surface area contributed by atoms with Crippen molar-refractivity contribution in [1.82, 2.24) is 0 Å². The normalized spacial score (nSPS) is 12.6. The lowest BCUT2D eigenvalue weighted by molar-refractivity contribution is 0.210. The lowest BCUT2D eigenvalue weighted by Crippen LogP contribution is -2.67. The average Bonchev–Trinajstić information content (AvgIpc) is 2.74. The molecule has 0 saturated carbocycles. The Hall–Kier alpha value is -2.69. The van der Waals surface area contributed by atoms with Crippen LogP contribution in [0, 0.1) is 0 Å². The van der Waals surface area contributed by atoms with Crippen LogP contribution in [0.1, 0.15) is 26.3 Å². The maximum absolute atomic E-state index is 6.96. The van der Waals surface area contributed by atoms with Crippen LogP contribution < -0.4 is 10.4 Å². The van der Waals surface area contributed by atoms with Crippen LogP contribution in [-0.2, 0) is 9.26 Å². The van der Waals surface area contributed by atoms with E-state index in [1.54, 1.807) is 7.11 Å². The Kier molecular flexibility index (Phi) is 6.67. The van der Waals surface area contributed by atoms with Gasteiger partial charge in [-0.25, -0.2) is 0 Å². The molecule has 0 atom stereocenters. The molecule has 0 unspecified atom stereocenters. The minimum atomic E-state index is -2.61. The van der Waals surface area contributed by atoms with E-state index in [1.165, 1.54) is 10.4 Å². The molecule has 0 aromatic heterocycles. The molecule has 0 aliphatic rings. The van der Waals surface area contributed by atoms with E-state index in [1.807, 2.05) is 30.3 Å². The fourth-order valence-electron chi connectivity index (χ4n) is 3.84. The molecule has 3 nitrogen and oxygen atoms in total. The van der Waals surface area contributed by atoms with Crippen molar-refractivity contribution in [2.45, 2.75) is 25.8 Å². The molecule has 0 spiro atoms. The summed E-state index contributed by atoms with van der Waals surface area (Å²) in [5.41, 5.74) is 1.80. The summed E-state index contributed by atoms with van der Waals surface area (Å²) in [5.74, 6) is 0. The number of hydrogen-bond acceptors (Lipinski definition) is 3. The van der Waals surface area contributed by atoms with Crippen LogP contribution in [0.5, 0.6) is 0 Å². The van der Waals surface area contributed by atoms with Crippen molar-refractivity contribution in [2.24, 2.45) is 5.16 Å². The predicted molar refractivity (Wildman–Crippen MR) is 124 cm³/mol. The van der Waals surface area contributed by atoms with Gasteiger partial charge in [0.2, 0.25) is 0 Å². The first-order valence-electron chi connectivity index (χ1n) is 9.89. The average molecular weight is 404 g/mol. The van der Waals surface area contributed by atoms with Gasteiger partial charge in [-0.2, -0.15) is 0 Å². The van der Waals surface area contributed by atoms with Gasteiger partial charge in [0.25, 0.3) is 8.32 Å². The standard InChI is InChI=1S/C25H29NO2Si/c1-25(2,3)29(22-16-10-6-11-17-22,23-18-12-7-13-19-23)28-20-24(26-27-4)21-14-8-5-9-15-21/h5-19H,20H2,1-4H3/b26-24+. The van der Waals surface area contributed by atoms with Gasteiger partial charge in [0.15, 0.2) is 0 Å². The van der Waals surface area contributed by atoms with Crippen LogP contribution in [0.4, 0.5) is 0 Å². The van der Waals surface area contributed by atoms with E-state index in [-0.39, 0.29) is 5.04 Å². The highest BCUT2D eigenvalue weighted by Gasteiger charge is 2.50. The quantitative estimate of drug-likeness (QED) is 0.328. The lowest BCUT2D eigenvalue weighted by Gasteiger charge is -2.43. The van der Waals surface area contributed by atoms with Crippen molar-refractivity contribution in [3.63, 3.8) is 0 Å². The second-order valence-corrected chi connectivity index (χ2v) is 12.3. The van der Waals surface area contributed by atoms with Crippen LogP contribution >= 0.6 is 0 Å². The first kappa shape index (κ1) is 21.0. The Morgan fingerprint density at radius 2 is 1.21 bits per heavy atom. The SMILES string of the molecule is CO/N=C(\CO[Si](c1ccccc1)(c1ccccc1)C(C)(C)C)c1ccccc1. The summed E-state index contributed by atoms with van der Waals surface area (Å²) in [4.78, 5) is 5.14. The highest BCUT2D eigenvalue weighted by Crippen LogP contribution is 2.36. The van der Waals surface area contributed by atoms with Gasteiger partial charge in [-0.3, -0.25) is 0 Å². The van der Waals surface area contributed by atoms with Crippen LogP contribution in [0.3, 0.4) is 0 Å². The maximum atomic E-state index is 6.96. The van der Waals surface area contributed by atoms with Crippen LogP contribution in [-0.4, -0.2) is 27.7 Å². The second kappa shape index (κ2) is 9.20. The monoisotopic (exact) mass is 403 g/mol. The van der Waals surface area contributed by atoms with Crippen LogP contribution in [0.25, 0.3) is 0 Å². The minimum absolute atomic E-state index is 0.0788. The van der Waals surface area contributed by atoms with Crippen molar-refractivity contribution < 1.29 is 9.26 Å². The maximum Gasteiger partial charge on any atom is 0.261 e. The zero-order valence-corrected chi connectivity index (χ0v) is 18.6. The molecule has 0 bridgehead atoms. The highest BCUT2D eigenvalue weighted by molar-refractivity contribution is 6.99. The van der Waals surface area contributed by atoms with E-state index in [0.29, 0.717) is 6.61 Å². The minimum Gasteiger partial charge on any atom is -0.401 e. The summed E-state index contributed by atoms with van der Waals surface area (Å²) in [6.45, 7) is 7.20. The smallest absolute Gasteiger partial charge is 0.261 e. The molecule has 3 rings (SSSR count). The van der Waals surface area contributed by atoms with Crippen LogP contribution in [0.2, 0.25) is 5.04 Å². The molecule has 0 aliphatic heterocycles. The molecular weight excluding hydrogens is 374 g/mol. The van der Waals surface area contributed by atoms with Gasteiger partial charge >= 0.3 is 0 Å². The van der Waals surface area contributed by atoms with Crippen molar-refractivity contribution in [3.05, 3.63) is 96.6 Å². The summed E-state index contributed by atoms with van der Waals surface area (Å²) in [6, 6.07) is 31.3. The van der Waals surface area contributed by atoms with E-state index in [9.17, 15) is 0 Å². The molecule has 0 radical (unpaired) electrons. The summed E-state index contributed by atoms with van der Waals surface area (Å²) in [6.07, 6.45) is 0. The molecule has 0 amide bonds. The molecule has 29 heavy (non-hydrogen) atoms. The fourth-order valence-corrected chi connectivity index (χ4v) is 8.35.